The van der Waals surface area contributed by atoms with Gasteiger partial charge >= 0.3 is 23.9 Å². The van der Waals surface area contributed by atoms with E-state index in [1.807, 2.05) is 0 Å². The number of rotatable bonds is 12. The molecule has 364 valence electrons. The van der Waals surface area contributed by atoms with E-state index in [0.717, 1.165) is 19.6 Å². The molecular formula is C53H36N4O16. The van der Waals surface area contributed by atoms with Crippen LogP contribution in [0.25, 0.3) is 0 Å². The predicted octanol–water partition coefficient (Wildman–Crippen LogP) is 5.39. The quantitative estimate of drug-likeness (QED) is 0.0863. The Morgan fingerprint density at radius 2 is 0.630 bits per heavy atom. The largest absolute Gasteiger partial charge is 0.423 e. The Hall–Kier alpha value is -9.98. The van der Waals surface area contributed by atoms with Gasteiger partial charge in [-0.25, -0.2) is 19.2 Å². The van der Waals surface area contributed by atoms with Crippen molar-refractivity contribution in [1.29, 1.82) is 0 Å². The molecule has 4 aliphatic heterocycles. The third kappa shape index (κ3) is 8.62. The molecule has 0 aliphatic carbocycles. The third-order valence-corrected chi connectivity index (χ3v) is 12.5. The Kier molecular flexibility index (Phi) is 12.1. The van der Waals surface area contributed by atoms with E-state index in [1.165, 1.54) is 131 Å². The van der Waals surface area contributed by atoms with Crippen LogP contribution in [0.5, 0.6) is 23.0 Å². The Morgan fingerprint density at radius 1 is 0.329 bits per heavy atom. The fraction of sp³-hybridized carbons (Fsp3) is 0.132. The molecule has 0 saturated heterocycles. The average molecular weight is 985 g/mol. The Balaban J connectivity index is 0.756. The monoisotopic (exact) mass is 984 g/mol. The van der Waals surface area contributed by atoms with Gasteiger partial charge in [0.05, 0.1) is 44.5 Å². The number of carbonyl (C=O) groups excluding carboxylic acids is 12. The molecule has 0 aromatic heterocycles. The molecule has 5 aromatic carbocycles. The number of amides is 8. The van der Waals surface area contributed by atoms with E-state index < -0.39 is 84.5 Å². The summed E-state index contributed by atoms with van der Waals surface area (Å²) in [7, 11) is 0. The van der Waals surface area contributed by atoms with Gasteiger partial charge in [-0.05, 0) is 143 Å². The van der Waals surface area contributed by atoms with E-state index in [1.54, 1.807) is 6.92 Å². The van der Waals surface area contributed by atoms with Gasteiger partial charge in [0.25, 0.3) is 47.3 Å². The van der Waals surface area contributed by atoms with E-state index in [0.29, 0.717) is 5.56 Å². The zero-order chi connectivity index (χ0) is 52.3. The van der Waals surface area contributed by atoms with Gasteiger partial charge in [-0.15, -0.1) is 0 Å². The molecule has 73 heavy (non-hydrogen) atoms. The molecule has 5 aromatic rings. The van der Waals surface area contributed by atoms with Crippen molar-refractivity contribution in [3.8, 4) is 23.0 Å². The first-order valence-corrected chi connectivity index (χ1v) is 22.0. The van der Waals surface area contributed by atoms with E-state index in [4.69, 9.17) is 18.9 Å². The Bertz CT molecular complexity index is 3450. The summed E-state index contributed by atoms with van der Waals surface area (Å²) in [6.45, 7) is 6.33. The van der Waals surface area contributed by atoms with Gasteiger partial charge in [0.1, 0.15) is 36.3 Å². The van der Waals surface area contributed by atoms with Gasteiger partial charge in [0.15, 0.2) is 0 Å². The standard InChI is InChI=1S/C53H36N4O16/c1-25-20-36(72-50(66)30-6-12-34(13-7-30)70-52(68)32-10-17-37-39(21-32)48(64)56(46(37)62)23-54-42(58)26(2)27(3)43(54)59)16-19-41(25)73-51(67)31-8-14-35(15-9-31)71-53(69)33-11-18-38-40(22-33)49(65)57(47(38)63)24-55-44(60)28(4)29(5)45(55)61/h6-22H,23-24H2,1-5H3. The minimum absolute atomic E-state index is 0.0193. The summed E-state index contributed by atoms with van der Waals surface area (Å²) < 4.78 is 21.9. The van der Waals surface area contributed by atoms with Crippen LogP contribution in [0, 0.1) is 6.92 Å². The number of benzene rings is 5. The van der Waals surface area contributed by atoms with E-state index in [-0.39, 0.29) is 89.8 Å². The summed E-state index contributed by atoms with van der Waals surface area (Å²) in [4.78, 5) is 158. The maximum atomic E-state index is 13.2. The molecule has 0 spiro atoms. The lowest BCUT2D eigenvalue weighted by Gasteiger charge is -2.21. The number of esters is 4. The molecule has 4 heterocycles. The van der Waals surface area contributed by atoms with Crippen molar-refractivity contribution in [3.05, 3.63) is 175 Å². The smallest absolute Gasteiger partial charge is 0.343 e. The molecule has 0 unspecified atom stereocenters. The van der Waals surface area contributed by atoms with Crippen molar-refractivity contribution in [2.45, 2.75) is 34.6 Å². The van der Waals surface area contributed by atoms with Crippen molar-refractivity contribution in [3.63, 3.8) is 0 Å². The summed E-state index contributed by atoms with van der Waals surface area (Å²) in [6.07, 6.45) is 0. The number of fused-ring (bicyclic) bond motifs is 2. The van der Waals surface area contributed by atoms with Crippen LogP contribution in [-0.4, -0.2) is 104 Å². The van der Waals surface area contributed by atoms with Gasteiger partial charge in [-0.2, -0.15) is 0 Å². The van der Waals surface area contributed by atoms with E-state index >= 15 is 0 Å². The van der Waals surface area contributed by atoms with Crippen molar-refractivity contribution in [2.75, 3.05) is 13.3 Å². The third-order valence-electron chi connectivity index (χ3n) is 12.5. The second kappa shape index (κ2) is 18.4. The zero-order valence-electron chi connectivity index (χ0n) is 39.0. The second-order valence-electron chi connectivity index (χ2n) is 17.0. The lowest BCUT2D eigenvalue weighted by molar-refractivity contribution is -0.140. The van der Waals surface area contributed by atoms with Crippen molar-refractivity contribution in [2.24, 2.45) is 0 Å². The summed E-state index contributed by atoms with van der Waals surface area (Å²) in [5.41, 5.74) is 1.03. The van der Waals surface area contributed by atoms with Crippen LogP contribution >= 0.6 is 0 Å². The average Bonchev–Trinajstić information content (AvgIpc) is 3.91. The summed E-state index contributed by atoms with van der Waals surface area (Å²) >= 11 is 0. The van der Waals surface area contributed by atoms with Gasteiger partial charge in [0.2, 0.25) is 0 Å². The number of hydrogen-bond donors (Lipinski definition) is 0. The van der Waals surface area contributed by atoms with Crippen LogP contribution in [0.1, 0.15) is 116 Å². The number of carbonyl (C=O) groups is 12. The van der Waals surface area contributed by atoms with Crippen molar-refractivity contribution in [1.82, 2.24) is 19.6 Å². The number of imide groups is 4. The molecule has 0 saturated carbocycles. The molecule has 20 nitrogen and oxygen atoms in total. The molecule has 0 atom stereocenters. The van der Waals surface area contributed by atoms with Gasteiger partial charge in [0, 0.05) is 22.3 Å². The highest BCUT2D eigenvalue weighted by Crippen LogP contribution is 2.31. The maximum absolute atomic E-state index is 13.2. The first-order chi connectivity index (χ1) is 34.7. The SMILES string of the molecule is CC1=C(C)C(=O)N(CN2C(=O)c3ccc(C(=O)Oc4ccc(C(=O)Oc5ccc(OC(=O)c6ccc(OC(=O)c7ccc8c(c7)C(=O)N(CN7C(=O)C(C)=C(C)C7=O)C8=O)cc6)c(C)c5)cc4)cc3C2=O)C1=O. The van der Waals surface area contributed by atoms with Gasteiger partial charge < -0.3 is 18.9 Å². The van der Waals surface area contributed by atoms with Crippen LogP contribution in [0.15, 0.2) is 125 Å². The normalized spacial score (nSPS) is 15.2. The molecule has 8 amide bonds. The van der Waals surface area contributed by atoms with Gasteiger partial charge in [-0.3, -0.25) is 58.0 Å². The Morgan fingerprint density at radius 3 is 1.01 bits per heavy atom. The number of ether oxygens (including phenoxy) is 4. The first kappa shape index (κ1) is 48.1. The lowest BCUT2D eigenvalue weighted by Crippen LogP contribution is -2.44. The highest BCUT2D eigenvalue weighted by Gasteiger charge is 2.43. The zero-order valence-corrected chi connectivity index (χ0v) is 39.0. The van der Waals surface area contributed by atoms with Crippen LogP contribution in [0.4, 0.5) is 0 Å². The number of aryl methyl sites for hydroxylation is 1. The summed E-state index contributed by atoms with van der Waals surface area (Å²) in [5.74, 6) is -8.52. The lowest BCUT2D eigenvalue weighted by atomic mass is 10.1. The van der Waals surface area contributed by atoms with Crippen molar-refractivity contribution < 1.29 is 76.5 Å². The first-order valence-electron chi connectivity index (χ1n) is 22.0. The molecular weight excluding hydrogens is 949 g/mol. The number of nitrogens with zero attached hydrogens (tertiary/aromatic N) is 4. The van der Waals surface area contributed by atoms with E-state index in [2.05, 4.69) is 0 Å². The maximum Gasteiger partial charge on any atom is 0.343 e. The highest BCUT2D eigenvalue weighted by molar-refractivity contribution is 6.25. The molecule has 0 radical (unpaired) electrons. The summed E-state index contributed by atoms with van der Waals surface area (Å²) in [6, 6.07) is 22.5. The molecule has 0 bridgehead atoms. The molecule has 20 heteroatoms. The van der Waals surface area contributed by atoms with Crippen molar-refractivity contribution >= 4 is 71.1 Å². The fourth-order valence-corrected chi connectivity index (χ4v) is 8.04. The fourth-order valence-electron chi connectivity index (χ4n) is 8.04. The molecule has 9 rings (SSSR count). The highest BCUT2D eigenvalue weighted by atomic mass is 16.5. The molecule has 4 aliphatic rings. The minimum atomic E-state index is -0.881. The summed E-state index contributed by atoms with van der Waals surface area (Å²) in [5, 5.41) is 0. The number of hydrogen-bond acceptors (Lipinski definition) is 16. The second-order valence-corrected chi connectivity index (χ2v) is 17.0. The predicted molar refractivity (Wildman–Crippen MR) is 248 cm³/mol. The minimum Gasteiger partial charge on any atom is -0.423 e. The van der Waals surface area contributed by atoms with E-state index in [9.17, 15) is 57.5 Å². The Labute approximate surface area is 412 Å². The molecule has 0 N–H and O–H groups in total. The van der Waals surface area contributed by atoms with Crippen LogP contribution < -0.4 is 18.9 Å². The topological polar surface area (TPSA) is 255 Å². The van der Waals surface area contributed by atoms with Crippen LogP contribution in [0.2, 0.25) is 0 Å². The van der Waals surface area contributed by atoms with Crippen LogP contribution in [-0.2, 0) is 19.2 Å². The van der Waals surface area contributed by atoms with Crippen LogP contribution in [0.3, 0.4) is 0 Å². The van der Waals surface area contributed by atoms with Gasteiger partial charge in [-0.1, -0.05) is 0 Å². The molecule has 0 fully saturated rings.